The van der Waals surface area contributed by atoms with Crippen molar-refractivity contribution in [3.63, 3.8) is 0 Å². The molecule has 2 aromatic rings. The second-order valence-electron chi connectivity index (χ2n) is 4.85. The van der Waals surface area contributed by atoms with Gasteiger partial charge in [-0.15, -0.1) is 0 Å². The largest absolute Gasteiger partial charge is 0.495 e. The molecule has 0 radical (unpaired) electrons. The van der Waals surface area contributed by atoms with E-state index in [0.717, 1.165) is 5.75 Å². The van der Waals surface area contributed by atoms with Crippen LogP contribution in [0.4, 0.5) is 0 Å². The average Bonchev–Trinajstić information content (AvgIpc) is 2.53. The summed E-state index contributed by atoms with van der Waals surface area (Å²) in [7, 11) is 1.53. The van der Waals surface area contributed by atoms with E-state index >= 15 is 0 Å². The lowest BCUT2D eigenvalue weighted by Crippen LogP contribution is -2.36. The molecule has 0 bridgehead atoms. The Morgan fingerprint density at radius 2 is 1.95 bits per heavy atom. The molecular weight excluding hydrogens is 302 g/mol. The topological polar surface area (TPSA) is 47.6 Å². The van der Waals surface area contributed by atoms with Gasteiger partial charge in [-0.25, -0.2) is 0 Å². The highest BCUT2D eigenvalue weighted by molar-refractivity contribution is 6.32. The van der Waals surface area contributed by atoms with Gasteiger partial charge in [-0.2, -0.15) is 0 Å². The minimum atomic E-state index is -0.200. The Labute approximate surface area is 135 Å². The van der Waals surface area contributed by atoms with Crippen molar-refractivity contribution in [3.8, 4) is 11.5 Å². The molecule has 2 rings (SSSR count). The van der Waals surface area contributed by atoms with Crippen molar-refractivity contribution in [1.82, 2.24) is 5.32 Å². The van der Waals surface area contributed by atoms with Crippen molar-refractivity contribution in [2.24, 2.45) is 0 Å². The van der Waals surface area contributed by atoms with Crippen LogP contribution in [0, 0.1) is 0 Å². The molecule has 0 unspecified atom stereocenters. The molecule has 1 atom stereocenters. The van der Waals surface area contributed by atoms with Crippen LogP contribution in [0.5, 0.6) is 11.5 Å². The number of para-hydroxylation sites is 1. The monoisotopic (exact) mass is 319 g/mol. The molecule has 0 aliphatic heterocycles. The van der Waals surface area contributed by atoms with Crippen molar-refractivity contribution in [1.29, 1.82) is 0 Å². The number of benzene rings is 2. The lowest BCUT2D eigenvalue weighted by molar-refractivity contribution is 0.0926. The van der Waals surface area contributed by atoms with Gasteiger partial charge in [0.05, 0.1) is 18.2 Å². The fraction of sp³-hybridized carbons (Fsp3) is 0.235. The van der Waals surface area contributed by atoms with E-state index in [4.69, 9.17) is 21.1 Å². The van der Waals surface area contributed by atoms with Gasteiger partial charge in [0.1, 0.15) is 18.1 Å². The van der Waals surface area contributed by atoms with Crippen molar-refractivity contribution in [3.05, 3.63) is 59.1 Å². The molecule has 0 aliphatic carbocycles. The van der Waals surface area contributed by atoms with Gasteiger partial charge in [0, 0.05) is 5.56 Å². The normalized spacial score (nSPS) is 11.6. The fourth-order valence-electron chi connectivity index (χ4n) is 1.89. The maximum atomic E-state index is 12.2. The number of amides is 1. The van der Waals surface area contributed by atoms with Crippen LogP contribution in [-0.4, -0.2) is 25.7 Å². The van der Waals surface area contributed by atoms with Crippen LogP contribution < -0.4 is 14.8 Å². The number of rotatable bonds is 6. The molecule has 1 amide bonds. The first-order chi connectivity index (χ1) is 10.6. The van der Waals surface area contributed by atoms with Crippen molar-refractivity contribution < 1.29 is 14.3 Å². The molecule has 0 saturated carbocycles. The molecule has 4 nitrogen and oxygen atoms in total. The predicted octanol–water partition coefficient (Wildman–Crippen LogP) is 3.55. The zero-order valence-electron chi connectivity index (χ0n) is 12.5. The Bertz CT molecular complexity index is 631. The molecule has 22 heavy (non-hydrogen) atoms. The van der Waals surface area contributed by atoms with Crippen LogP contribution >= 0.6 is 11.6 Å². The summed E-state index contributed by atoms with van der Waals surface area (Å²) in [4.78, 5) is 12.2. The maximum absolute atomic E-state index is 12.2. The molecule has 5 heteroatoms. The predicted molar refractivity (Wildman–Crippen MR) is 86.9 cm³/mol. The highest BCUT2D eigenvalue weighted by Crippen LogP contribution is 2.24. The van der Waals surface area contributed by atoms with Crippen molar-refractivity contribution in [2.45, 2.75) is 13.0 Å². The minimum Gasteiger partial charge on any atom is -0.495 e. The van der Waals surface area contributed by atoms with E-state index in [-0.39, 0.29) is 11.9 Å². The van der Waals surface area contributed by atoms with Crippen LogP contribution in [0.15, 0.2) is 48.5 Å². The second kappa shape index (κ2) is 7.71. The molecule has 2 aromatic carbocycles. The molecule has 0 heterocycles. The fourth-order valence-corrected chi connectivity index (χ4v) is 2.15. The number of ether oxygens (including phenoxy) is 2. The van der Waals surface area contributed by atoms with E-state index in [0.29, 0.717) is 22.9 Å². The summed E-state index contributed by atoms with van der Waals surface area (Å²) in [6.07, 6.45) is 0. The SMILES string of the molecule is COc1ccc(C(=O)N[C@H](C)COc2ccccc2)cc1Cl. The molecule has 0 aromatic heterocycles. The summed E-state index contributed by atoms with van der Waals surface area (Å²) < 4.78 is 10.7. The quantitative estimate of drug-likeness (QED) is 0.885. The smallest absolute Gasteiger partial charge is 0.251 e. The molecule has 0 spiro atoms. The summed E-state index contributed by atoms with van der Waals surface area (Å²) >= 11 is 6.02. The number of nitrogens with one attached hydrogen (secondary N) is 1. The van der Waals surface area contributed by atoms with Crippen LogP contribution in [-0.2, 0) is 0 Å². The summed E-state index contributed by atoms with van der Waals surface area (Å²) in [5, 5.41) is 3.27. The van der Waals surface area contributed by atoms with E-state index in [1.165, 1.54) is 7.11 Å². The summed E-state index contributed by atoms with van der Waals surface area (Å²) in [6.45, 7) is 2.27. The Morgan fingerprint density at radius 3 is 2.59 bits per heavy atom. The molecule has 116 valence electrons. The number of carbonyl (C=O) groups excluding carboxylic acids is 1. The van der Waals surface area contributed by atoms with Gasteiger partial charge < -0.3 is 14.8 Å². The van der Waals surface area contributed by atoms with Crippen LogP contribution in [0.25, 0.3) is 0 Å². The van der Waals surface area contributed by atoms with Gasteiger partial charge in [0.25, 0.3) is 5.91 Å². The summed E-state index contributed by atoms with van der Waals surface area (Å²) in [5.41, 5.74) is 0.484. The molecule has 0 fully saturated rings. The van der Waals surface area contributed by atoms with E-state index < -0.39 is 0 Å². The minimum absolute atomic E-state index is 0.131. The number of hydrogen-bond donors (Lipinski definition) is 1. The number of halogens is 1. The molecule has 1 N–H and O–H groups in total. The lowest BCUT2D eigenvalue weighted by atomic mass is 10.2. The number of hydrogen-bond acceptors (Lipinski definition) is 3. The third-order valence-electron chi connectivity index (χ3n) is 3.03. The van der Waals surface area contributed by atoms with E-state index in [9.17, 15) is 4.79 Å². The molecular formula is C17H18ClNO3. The highest BCUT2D eigenvalue weighted by Gasteiger charge is 2.12. The van der Waals surface area contributed by atoms with Crippen LogP contribution in [0.2, 0.25) is 5.02 Å². The van der Waals surface area contributed by atoms with Crippen LogP contribution in [0.3, 0.4) is 0 Å². The van der Waals surface area contributed by atoms with E-state index in [1.807, 2.05) is 37.3 Å². The van der Waals surface area contributed by atoms with Gasteiger partial charge in [-0.3, -0.25) is 4.79 Å². The molecule has 0 saturated heterocycles. The summed E-state index contributed by atoms with van der Waals surface area (Å²) in [5.74, 6) is 1.11. The first kappa shape index (κ1) is 16.2. The third kappa shape index (κ3) is 4.40. The van der Waals surface area contributed by atoms with Gasteiger partial charge in [-0.1, -0.05) is 29.8 Å². The van der Waals surface area contributed by atoms with E-state index in [1.54, 1.807) is 18.2 Å². The molecule has 0 aliphatic rings. The zero-order valence-corrected chi connectivity index (χ0v) is 13.3. The first-order valence-corrected chi connectivity index (χ1v) is 7.30. The van der Waals surface area contributed by atoms with Crippen molar-refractivity contribution in [2.75, 3.05) is 13.7 Å². The number of methoxy groups -OCH3 is 1. The zero-order chi connectivity index (χ0) is 15.9. The second-order valence-corrected chi connectivity index (χ2v) is 5.26. The Hall–Kier alpha value is -2.20. The van der Waals surface area contributed by atoms with Crippen molar-refractivity contribution >= 4 is 17.5 Å². The Balaban J connectivity index is 1.89. The van der Waals surface area contributed by atoms with Gasteiger partial charge >= 0.3 is 0 Å². The van der Waals surface area contributed by atoms with Gasteiger partial charge in [0.15, 0.2) is 0 Å². The van der Waals surface area contributed by atoms with E-state index in [2.05, 4.69) is 5.32 Å². The Kier molecular flexibility index (Phi) is 5.67. The average molecular weight is 320 g/mol. The highest BCUT2D eigenvalue weighted by atomic mass is 35.5. The standard InChI is InChI=1S/C17H18ClNO3/c1-12(11-22-14-6-4-3-5-7-14)19-17(20)13-8-9-16(21-2)15(18)10-13/h3-10,12H,11H2,1-2H3,(H,19,20)/t12-/m1/s1. The maximum Gasteiger partial charge on any atom is 0.251 e. The Morgan fingerprint density at radius 1 is 1.23 bits per heavy atom. The summed E-state index contributed by atoms with van der Waals surface area (Å²) in [6, 6.07) is 14.3. The third-order valence-corrected chi connectivity index (χ3v) is 3.33. The number of carbonyl (C=O) groups is 1. The van der Waals surface area contributed by atoms with Crippen LogP contribution in [0.1, 0.15) is 17.3 Å². The lowest BCUT2D eigenvalue weighted by Gasteiger charge is -2.15. The van der Waals surface area contributed by atoms with Gasteiger partial charge in [0.2, 0.25) is 0 Å². The first-order valence-electron chi connectivity index (χ1n) is 6.92. The van der Waals surface area contributed by atoms with Gasteiger partial charge in [-0.05, 0) is 37.3 Å².